The van der Waals surface area contributed by atoms with Crippen LogP contribution in [0.3, 0.4) is 0 Å². The predicted molar refractivity (Wildman–Crippen MR) is 96.9 cm³/mol. The topological polar surface area (TPSA) is 94.1 Å². The molecule has 0 bridgehead atoms. The minimum atomic E-state index is -0.517. The summed E-state index contributed by atoms with van der Waals surface area (Å²) in [7, 11) is 1.28. The van der Waals surface area contributed by atoms with E-state index in [0.717, 1.165) is 0 Å². The number of Topliss-reactive ketones (excluding diaryl/α,β-unsaturated/α-hetero) is 1. The molecule has 1 aromatic carbocycles. The van der Waals surface area contributed by atoms with Gasteiger partial charge in [0.1, 0.15) is 0 Å². The summed E-state index contributed by atoms with van der Waals surface area (Å²) in [6, 6.07) is 4.76. The summed E-state index contributed by atoms with van der Waals surface area (Å²) in [6.07, 6.45) is 1.31. The first-order chi connectivity index (χ1) is 12.3. The molecule has 0 unspecified atom stereocenters. The Morgan fingerprint density at radius 2 is 2.04 bits per heavy atom. The number of hydrogen-bond acceptors (Lipinski definition) is 5. The van der Waals surface area contributed by atoms with E-state index in [1.54, 1.807) is 32.0 Å². The molecule has 0 saturated heterocycles. The van der Waals surface area contributed by atoms with Crippen molar-refractivity contribution in [1.82, 2.24) is 14.5 Å². The van der Waals surface area contributed by atoms with Gasteiger partial charge in [-0.1, -0.05) is 11.6 Å². The lowest BCUT2D eigenvalue weighted by Gasteiger charge is -2.06. The summed E-state index contributed by atoms with van der Waals surface area (Å²) >= 11 is 5.90. The van der Waals surface area contributed by atoms with Crippen LogP contribution in [0.15, 0.2) is 29.3 Å². The van der Waals surface area contributed by atoms with Crippen molar-refractivity contribution in [3.8, 4) is 0 Å². The molecule has 0 aliphatic rings. The molecule has 3 aromatic rings. The maximum absolute atomic E-state index is 12.7. The normalized spacial score (nSPS) is 10.9. The molecule has 8 heteroatoms. The highest BCUT2D eigenvalue weighted by molar-refractivity contribution is 6.31. The molecule has 2 heterocycles. The van der Waals surface area contributed by atoms with Gasteiger partial charge in [0.15, 0.2) is 5.78 Å². The quantitative estimate of drug-likeness (QED) is 0.560. The molecule has 0 saturated carbocycles. The number of halogens is 1. The number of fused-ring (bicyclic) bond motifs is 1. The number of methoxy groups -OCH3 is 1. The minimum Gasteiger partial charge on any atom is -0.465 e. The van der Waals surface area contributed by atoms with E-state index in [9.17, 15) is 14.4 Å². The highest BCUT2D eigenvalue weighted by atomic mass is 35.5. The van der Waals surface area contributed by atoms with E-state index < -0.39 is 5.97 Å². The van der Waals surface area contributed by atoms with Crippen molar-refractivity contribution in [2.24, 2.45) is 0 Å². The molecule has 1 N–H and O–H groups in total. The zero-order chi connectivity index (χ0) is 19.0. The van der Waals surface area contributed by atoms with Crippen molar-refractivity contribution in [1.29, 1.82) is 0 Å². The third-order valence-corrected chi connectivity index (χ3v) is 4.44. The number of ketones is 1. The molecule has 0 aliphatic carbocycles. The fraction of sp³-hybridized carbons (Fsp3) is 0.222. The molecule has 26 heavy (non-hydrogen) atoms. The van der Waals surface area contributed by atoms with Crippen molar-refractivity contribution in [2.75, 3.05) is 7.11 Å². The monoisotopic (exact) mass is 373 g/mol. The van der Waals surface area contributed by atoms with Gasteiger partial charge >= 0.3 is 5.97 Å². The fourth-order valence-electron chi connectivity index (χ4n) is 2.91. The SMILES string of the molecule is COC(=O)c1c(C)[nH]c(C(=O)Cn2cnc3cc(Cl)ccc3c2=O)c1C. The van der Waals surface area contributed by atoms with Gasteiger partial charge < -0.3 is 9.72 Å². The number of esters is 1. The average Bonchev–Trinajstić information content (AvgIpc) is 2.91. The van der Waals surface area contributed by atoms with Gasteiger partial charge in [-0.05, 0) is 37.6 Å². The predicted octanol–water partition coefficient (Wildman–Crippen LogP) is 2.66. The van der Waals surface area contributed by atoms with Crippen LogP contribution in [0.2, 0.25) is 5.02 Å². The third kappa shape index (κ3) is 3.01. The van der Waals surface area contributed by atoms with Crippen molar-refractivity contribution < 1.29 is 14.3 Å². The van der Waals surface area contributed by atoms with Gasteiger partial charge in [-0.15, -0.1) is 0 Å². The van der Waals surface area contributed by atoms with Crippen LogP contribution in [0.5, 0.6) is 0 Å². The number of rotatable bonds is 4. The number of hydrogen-bond donors (Lipinski definition) is 1. The Labute approximate surface area is 153 Å². The van der Waals surface area contributed by atoms with Gasteiger partial charge in [-0.25, -0.2) is 9.78 Å². The second kappa shape index (κ2) is 6.76. The van der Waals surface area contributed by atoms with Crippen molar-refractivity contribution in [3.05, 3.63) is 62.4 Å². The van der Waals surface area contributed by atoms with E-state index >= 15 is 0 Å². The van der Waals surface area contributed by atoms with Crippen LogP contribution >= 0.6 is 11.6 Å². The van der Waals surface area contributed by atoms with E-state index in [1.165, 1.54) is 18.0 Å². The smallest absolute Gasteiger partial charge is 0.339 e. The van der Waals surface area contributed by atoms with E-state index in [0.29, 0.717) is 32.7 Å². The minimum absolute atomic E-state index is 0.203. The van der Waals surface area contributed by atoms with Gasteiger partial charge in [0.25, 0.3) is 5.56 Å². The number of aromatic amines is 1. The molecule has 0 aliphatic heterocycles. The van der Waals surface area contributed by atoms with Crippen molar-refractivity contribution in [3.63, 3.8) is 0 Å². The molecule has 0 amide bonds. The number of ether oxygens (including phenoxy) is 1. The molecule has 0 fully saturated rings. The Bertz CT molecular complexity index is 1100. The summed E-state index contributed by atoms with van der Waals surface area (Å²) in [5.74, 6) is -0.852. The molecule has 134 valence electrons. The Morgan fingerprint density at radius 1 is 1.31 bits per heavy atom. The summed E-state index contributed by atoms with van der Waals surface area (Å²) in [5.41, 5.74) is 1.75. The highest BCUT2D eigenvalue weighted by Crippen LogP contribution is 2.20. The lowest BCUT2D eigenvalue weighted by atomic mass is 10.1. The summed E-state index contributed by atoms with van der Waals surface area (Å²) in [4.78, 5) is 44.2. The molecule has 7 nitrogen and oxygen atoms in total. The van der Waals surface area contributed by atoms with E-state index in [1.807, 2.05) is 0 Å². The Morgan fingerprint density at radius 3 is 2.73 bits per heavy atom. The first-order valence-corrected chi connectivity index (χ1v) is 8.16. The Hall–Kier alpha value is -2.93. The van der Waals surface area contributed by atoms with Crippen LogP contribution in [-0.4, -0.2) is 33.4 Å². The number of carbonyl (C=O) groups excluding carboxylic acids is 2. The van der Waals surface area contributed by atoms with Crippen LogP contribution in [0, 0.1) is 13.8 Å². The molecule has 0 radical (unpaired) electrons. The second-order valence-electron chi connectivity index (χ2n) is 5.88. The lowest BCUT2D eigenvalue weighted by molar-refractivity contribution is 0.0599. The molecule has 0 atom stereocenters. The first-order valence-electron chi connectivity index (χ1n) is 7.79. The number of nitrogens with zero attached hydrogens (tertiary/aromatic N) is 2. The standard InChI is InChI=1S/C18H16ClN3O4/c1-9-15(18(25)26-3)10(2)21-16(9)14(23)7-22-8-20-13-6-11(19)4-5-12(13)17(22)24/h4-6,8,21H,7H2,1-3H3. The maximum atomic E-state index is 12.7. The lowest BCUT2D eigenvalue weighted by Crippen LogP contribution is -2.25. The summed E-state index contributed by atoms with van der Waals surface area (Å²) in [5, 5.41) is 0.852. The number of aryl methyl sites for hydroxylation is 1. The number of benzene rings is 1. The molecule has 2 aromatic heterocycles. The number of carbonyl (C=O) groups is 2. The van der Waals surface area contributed by atoms with Crippen molar-refractivity contribution in [2.45, 2.75) is 20.4 Å². The third-order valence-electron chi connectivity index (χ3n) is 4.21. The second-order valence-corrected chi connectivity index (χ2v) is 6.32. The Balaban J connectivity index is 1.98. The largest absolute Gasteiger partial charge is 0.465 e. The Kier molecular flexibility index (Phi) is 4.65. The van der Waals surface area contributed by atoms with Crippen LogP contribution in [-0.2, 0) is 11.3 Å². The van der Waals surface area contributed by atoms with E-state index in [2.05, 4.69) is 9.97 Å². The van der Waals surface area contributed by atoms with Crippen molar-refractivity contribution >= 4 is 34.3 Å². The molecular weight excluding hydrogens is 358 g/mol. The van der Waals surface area contributed by atoms with Gasteiger partial charge in [0.05, 0.1) is 42.1 Å². The highest BCUT2D eigenvalue weighted by Gasteiger charge is 2.22. The number of H-pyrrole nitrogens is 1. The zero-order valence-corrected chi connectivity index (χ0v) is 15.2. The van der Waals surface area contributed by atoms with Gasteiger partial charge in [0, 0.05) is 10.7 Å². The molecule has 0 spiro atoms. The van der Waals surface area contributed by atoms with Crippen LogP contribution in [0.1, 0.15) is 32.1 Å². The van der Waals surface area contributed by atoms with E-state index in [-0.39, 0.29) is 23.6 Å². The van der Waals surface area contributed by atoms with E-state index in [4.69, 9.17) is 16.3 Å². The first kappa shape index (κ1) is 17.9. The van der Waals surface area contributed by atoms with Gasteiger partial charge in [-0.2, -0.15) is 0 Å². The number of nitrogens with one attached hydrogen (secondary N) is 1. The summed E-state index contributed by atoms with van der Waals surface area (Å²) < 4.78 is 5.97. The average molecular weight is 374 g/mol. The van der Waals surface area contributed by atoms with Crippen LogP contribution < -0.4 is 5.56 Å². The maximum Gasteiger partial charge on any atom is 0.339 e. The molecular formula is C18H16ClN3O4. The number of aromatic nitrogens is 3. The fourth-order valence-corrected chi connectivity index (χ4v) is 3.08. The molecule has 3 rings (SSSR count). The van der Waals surface area contributed by atoms with Gasteiger partial charge in [0.2, 0.25) is 0 Å². The zero-order valence-electron chi connectivity index (χ0n) is 14.4. The van der Waals surface area contributed by atoms with Gasteiger partial charge in [-0.3, -0.25) is 14.2 Å². The summed E-state index contributed by atoms with van der Waals surface area (Å²) in [6.45, 7) is 3.14. The van der Waals surface area contributed by atoms with Crippen LogP contribution in [0.4, 0.5) is 0 Å². The van der Waals surface area contributed by atoms with Crippen LogP contribution in [0.25, 0.3) is 10.9 Å².